The van der Waals surface area contributed by atoms with Crippen LogP contribution in [0.5, 0.6) is 0 Å². The monoisotopic (exact) mass is 166 g/mol. The molecule has 0 radical (unpaired) electrons. The van der Waals surface area contributed by atoms with Crippen LogP contribution in [0.2, 0.25) is 0 Å². The molecule has 66 valence electrons. The topological polar surface area (TPSA) is 55.1 Å². The van der Waals surface area contributed by atoms with E-state index in [1.807, 2.05) is 0 Å². The second kappa shape index (κ2) is 5.01. The molecule has 3 nitrogen and oxygen atoms in total. The molecule has 0 bridgehead atoms. The standard InChI is InChI=1S/C6H12F2N2O/c1-4(6(7)8)10-3-2-5(9)11/h4,6,10H,2-3H2,1H3,(H2,9,11). The number of primary amides is 1. The molecule has 11 heavy (non-hydrogen) atoms. The van der Waals surface area contributed by atoms with Crippen LogP contribution >= 0.6 is 0 Å². The Labute approximate surface area is 63.9 Å². The summed E-state index contributed by atoms with van der Waals surface area (Å²) in [6.45, 7) is 1.56. The maximum Gasteiger partial charge on any atom is 0.253 e. The molecule has 0 heterocycles. The Balaban J connectivity index is 3.31. The van der Waals surface area contributed by atoms with Gasteiger partial charge in [0.05, 0.1) is 6.04 Å². The van der Waals surface area contributed by atoms with Crippen molar-refractivity contribution in [3.63, 3.8) is 0 Å². The number of rotatable bonds is 5. The van der Waals surface area contributed by atoms with Crippen LogP contribution in [-0.4, -0.2) is 24.9 Å². The molecular formula is C6H12F2N2O. The molecule has 0 saturated heterocycles. The number of hydrogen-bond donors (Lipinski definition) is 2. The van der Waals surface area contributed by atoms with Crippen LogP contribution in [0.4, 0.5) is 8.78 Å². The summed E-state index contributed by atoms with van der Waals surface area (Å²) < 4.78 is 23.5. The number of alkyl halides is 2. The van der Waals surface area contributed by atoms with Crippen molar-refractivity contribution in [2.24, 2.45) is 5.73 Å². The average Bonchev–Trinajstić information content (AvgIpc) is 1.86. The maximum absolute atomic E-state index is 11.8. The van der Waals surface area contributed by atoms with Crippen molar-refractivity contribution < 1.29 is 13.6 Å². The van der Waals surface area contributed by atoms with E-state index in [1.165, 1.54) is 6.92 Å². The molecule has 0 aliphatic rings. The van der Waals surface area contributed by atoms with Crippen LogP contribution in [0.1, 0.15) is 13.3 Å². The lowest BCUT2D eigenvalue weighted by molar-refractivity contribution is -0.118. The molecule has 0 fully saturated rings. The SMILES string of the molecule is CC(NCCC(N)=O)C(F)F. The lowest BCUT2D eigenvalue weighted by atomic mass is 10.3. The van der Waals surface area contributed by atoms with E-state index in [9.17, 15) is 13.6 Å². The first-order valence-corrected chi connectivity index (χ1v) is 3.34. The summed E-state index contributed by atoms with van der Waals surface area (Å²) in [5.41, 5.74) is 4.79. The van der Waals surface area contributed by atoms with Crippen molar-refractivity contribution in [2.75, 3.05) is 6.54 Å². The molecule has 0 aromatic carbocycles. The van der Waals surface area contributed by atoms with E-state index in [4.69, 9.17) is 5.73 Å². The zero-order valence-corrected chi connectivity index (χ0v) is 6.31. The molecule has 0 aromatic rings. The van der Waals surface area contributed by atoms with Crippen LogP contribution in [0.25, 0.3) is 0 Å². The Kier molecular flexibility index (Phi) is 4.69. The van der Waals surface area contributed by atoms with Crippen LogP contribution in [-0.2, 0) is 4.79 Å². The Morgan fingerprint density at radius 2 is 2.18 bits per heavy atom. The fourth-order valence-corrected chi connectivity index (χ4v) is 0.512. The third kappa shape index (κ3) is 5.72. The van der Waals surface area contributed by atoms with Gasteiger partial charge in [0.25, 0.3) is 6.43 Å². The lowest BCUT2D eigenvalue weighted by Crippen LogP contribution is -2.34. The Morgan fingerprint density at radius 1 is 1.64 bits per heavy atom. The van der Waals surface area contributed by atoms with Crippen molar-refractivity contribution in [3.05, 3.63) is 0 Å². The second-order valence-electron chi connectivity index (χ2n) is 2.29. The first-order chi connectivity index (χ1) is 5.04. The highest BCUT2D eigenvalue weighted by molar-refractivity contribution is 5.73. The van der Waals surface area contributed by atoms with Gasteiger partial charge in [-0.3, -0.25) is 4.79 Å². The molecule has 5 heteroatoms. The normalized spacial score (nSPS) is 13.5. The third-order valence-electron chi connectivity index (χ3n) is 1.22. The maximum atomic E-state index is 11.8. The minimum absolute atomic E-state index is 0.0943. The van der Waals surface area contributed by atoms with Gasteiger partial charge >= 0.3 is 0 Å². The van der Waals surface area contributed by atoms with Crippen LogP contribution in [0, 0.1) is 0 Å². The van der Waals surface area contributed by atoms with E-state index in [2.05, 4.69) is 5.32 Å². The summed E-state index contributed by atoms with van der Waals surface area (Å²) in [5, 5.41) is 2.46. The second-order valence-corrected chi connectivity index (χ2v) is 2.29. The van der Waals surface area contributed by atoms with Crippen molar-refractivity contribution in [3.8, 4) is 0 Å². The summed E-state index contributed by atoms with van der Waals surface area (Å²) in [7, 11) is 0. The molecule has 1 amide bonds. The van der Waals surface area contributed by atoms with Gasteiger partial charge in [-0.15, -0.1) is 0 Å². The number of nitrogens with one attached hydrogen (secondary N) is 1. The molecule has 1 unspecified atom stereocenters. The third-order valence-corrected chi connectivity index (χ3v) is 1.22. The van der Waals surface area contributed by atoms with Gasteiger partial charge in [0.15, 0.2) is 0 Å². The Morgan fingerprint density at radius 3 is 2.55 bits per heavy atom. The molecule has 0 aliphatic carbocycles. The largest absolute Gasteiger partial charge is 0.370 e. The van der Waals surface area contributed by atoms with Crippen molar-refractivity contribution in [1.29, 1.82) is 0 Å². The van der Waals surface area contributed by atoms with Gasteiger partial charge in [0.2, 0.25) is 5.91 Å². The molecule has 0 rings (SSSR count). The first kappa shape index (κ1) is 10.3. The van der Waals surface area contributed by atoms with Crippen molar-refractivity contribution >= 4 is 5.91 Å². The number of amides is 1. The summed E-state index contributed by atoms with van der Waals surface area (Å²) in [6, 6.07) is -0.880. The van der Waals surface area contributed by atoms with Gasteiger partial charge in [0, 0.05) is 13.0 Å². The molecule has 0 aromatic heterocycles. The molecule has 0 spiro atoms. The summed E-state index contributed by atoms with van der Waals surface area (Å²) >= 11 is 0. The quantitative estimate of drug-likeness (QED) is 0.608. The smallest absolute Gasteiger partial charge is 0.253 e. The van der Waals surface area contributed by atoms with Gasteiger partial charge in [-0.1, -0.05) is 0 Å². The van der Waals surface area contributed by atoms with E-state index < -0.39 is 18.4 Å². The van der Waals surface area contributed by atoms with Crippen LogP contribution in [0.15, 0.2) is 0 Å². The number of carbonyl (C=O) groups excluding carboxylic acids is 1. The highest BCUT2D eigenvalue weighted by atomic mass is 19.3. The zero-order valence-electron chi connectivity index (χ0n) is 6.31. The molecular weight excluding hydrogens is 154 g/mol. The van der Waals surface area contributed by atoms with Gasteiger partial charge in [0.1, 0.15) is 0 Å². The predicted molar refractivity (Wildman–Crippen MR) is 37.3 cm³/mol. The Bertz CT molecular complexity index is 130. The molecule has 1 atom stereocenters. The summed E-state index contributed by atoms with van der Waals surface area (Å²) in [5.74, 6) is -0.487. The van der Waals surface area contributed by atoms with Gasteiger partial charge in [-0.2, -0.15) is 0 Å². The van der Waals surface area contributed by atoms with E-state index in [1.54, 1.807) is 0 Å². The van der Waals surface area contributed by atoms with Crippen molar-refractivity contribution in [2.45, 2.75) is 25.8 Å². The lowest BCUT2D eigenvalue weighted by Gasteiger charge is -2.10. The van der Waals surface area contributed by atoms with Crippen LogP contribution in [0.3, 0.4) is 0 Å². The highest BCUT2D eigenvalue weighted by Crippen LogP contribution is 1.98. The van der Waals surface area contributed by atoms with E-state index >= 15 is 0 Å². The molecule has 0 aliphatic heterocycles. The van der Waals surface area contributed by atoms with Crippen LogP contribution < -0.4 is 11.1 Å². The fourth-order valence-electron chi connectivity index (χ4n) is 0.512. The summed E-state index contributed by atoms with van der Waals surface area (Å²) in [4.78, 5) is 10.1. The minimum atomic E-state index is -2.40. The number of nitrogens with two attached hydrogens (primary N) is 1. The van der Waals surface area contributed by atoms with Gasteiger partial charge in [-0.05, 0) is 6.92 Å². The molecule has 3 N–H and O–H groups in total. The predicted octanol–water partition coefficient (Wildman–Crippen LogP) is 0.105. The van der Waals surface area contributed by atoms with E-state index in [0.717, 1.165) is 0 Å². The van der Waals surface area contributed by atoms with E-state index in [0.29, 0.717) is 0 Å². The Hall–Kier alpha value is -0.710. The number of carbonyl (C=O) groups is 1. The number of hydrogen-bond acceptors (Lipinski definition) is 2. The highest BCUT2D eigenvalue weighted by Gasteiger charge is 2.12. The fraction of sp³-hybridized carbons (Fsp3) is 0.833. The summed E-state index contributed by atoms with van der Waals surface area (Å²) in [6.07, 6.45) is -2.31. The van der Waals surface area contributed by atoms with Gasteiger partial charge < -0.3 is 11.1 Å². The van der Waals surface area contributed by atoms with E-state index in [-0.39, 0.29) is 13.0 Å². The first-order valence-electron chi connectivity index (χ1n) is 3.34. The minimum Gasteiger partial charge on any atom is -0.370 e. The molecule has 0 saturated carbocycles. The zero-order chi connectivity index (χ0) is 8.85. The number of halogens is 2. The average molecular weight is 166 g/mol. The van der Waals surface area contributed by atoms with Gasteiger partial charge in [-0.25, -0.2) is 8.78 Å². The van der Waals surface area contributed by atoms with Crippen molar-refractivity contribution in [1.82, 2.24) is 5.32 Å².